The van der Waals surface area contributed by atoms with Gasteiger partial charge >= 0.3 is 0 Å². The van der Waals surface area contributed by atoms with Crippen LogP contribution in [0.3, 0.4) is 0 Å². The van der Waals surface area contributed by atoms with E-state index in [2.05, 4.69) is 4.98 Å². The quantitative estimate of drug-likeness (QED) is 0.613. The first-order valence-electron chi connectivity index (χ1n) is 4.36. The van der Waals surface area contributed by atoms with Crippen molar-refractivity contribution in [2.75, 3.05) is 11.9 Å². The predicted octanol–water partition coefficient (Wildman–Crippen LogP) is 0.731. The number of likely N-dealkylation sites (N-methyl/N-ethyl adjacent to an activating group) is 1. The largest absolute Gasteiger partial charge is 0.299 e. The number of Topliss-reactive ketones (excluding diaryl/α,β-unsaturated/α-hetero) is 1. The molecule has 2 rings (SSSR count). The van der Waals surface area contributed by atoms with Gasteiger partial charge in [0.25, 0.3) is 0 Å². The lowest BCUT2D eigenvalue weighted by atomic mass is 9.99. The SMILES string of the molecule is CC(=O)C1C(=O)N(C)c2ncccc21. The molecule has 2 heterocycles. The van der Waals surface area contributed by atoms with Crippen molar-refractivity contribution in [1.29, 1.82) is 0 Å². The Balaban J connectivity index is 2.59. The Morgan fingerprint density at radius 1 is 1.57 bits per heavy atom. The van der Waals surface area contributed by atoms with Gasteiger partial charge in [-0.2, -0.15) is 0 Å². The van der Waals surface area contributed by atoms with E-state index in [0.717, 1.165) is 0 Å². The smallest absolute Gasteiger partial charge is 0.243 e. The van der Waals surface area contributed by atoms with Crippen molar-refractivity contribution in [2.24, 2.45) is 0 Å². The van der Waals surface area contributed by atoms with Gasteiger partial charge in [-0.15, -0.1) is 0 Å². The molecule has 72 valence electrons. The second-order valence-electron chi connectivity index (χ2n) is 3.36. The van der Waals surface area contributed by atoms with Crippen molar-refractivity contribution < 1.29 is 9.59 Å². The van der Waals surface area contributed by atoms with Crippen LogP contribution < -0.4 is 4.90 Å². The van der Waals surface area contributed by atoms with E-state index in [1.165, 1.54) is 11.8 Å². The number of pyridine rings is 1. The normalized spacial score (nSPS) is 19.7. The number of amides is 1. The monoisotopic (exact) mass is 190 g/mol. The van der Waals surface area contributed by atoms with Gasteiger partial charge in [-0.25, -0.2) is 4.98 Å². The van der Waals surface area contributed by atoms with E-state index in [9.17, 15) is 9.59 Å². The standard InChI is InChI=1S/C10H10N2O2/c1-6(13)8-7-4-3-5-11-9(7)12(2)10(8)14/h3-5,8H,1-2H3. The molecule has 0 saturated heterocycles. The summed E-state index contributed by atoms with van der Waals surface area (Å²) < 4.78 is 0. The van der Waals surface area contributed by atoms with Crippen LogP contribution in [-0.4, -0.2) is 23.7 Å². The van der Waals surface area contributed by atoms with Gasteiger partial charge in [-0.05, 0) is 13.0 Å². The van der Waals surface area contributed by atoms with Gasteiger partial charge in [0.2, 0.25) is 5.91 Å². The number of carbonyl (C=O) groups is 2. The molecule has 1 aromatic rings. The van der Waals surface area contributed by atoms with E-state index in [-0.39, 0.29) is 11.7 Å². The second kappa shape index (κ2) is 2.90. The number of hydrogen-bond donors (Lipinski definition) is 0. The second-order valence-corrected chi connectivity index (χ2v) is 3.36. The number of fused-ring (bicyclic) bond motifs is 1. The summed E-state index contributed by atoms with van der Waals surface area (Å²) in [4.78, 5) is 28.5. The average Bonchev–Trinajstić information content (AvgIpc) is 2.41. The zero-order chi connectivity index (χ0) is 10.3. The zero-order valence-electron chi connectivity index (χ0n) is 8.02. The van der Waals surface area contributed by atoms with E-state index >= 15 is 0 Å². The molecule has 0 spiro atoms. The number of anilines is 1. The van der Waals surface area contributed by atoms with Crippen LogP contribution in [0.4, 0.5) is 5.82 Å². The van der Waals surface area contributed by atoms with E-state index < -0.39 is 5.92 Å². The number of hydrogen-bond acceptors (Lipinski definition) is 3. The summed E-state index contributed by atoms with van der Waals surface area (Å²) in [6.45, 7) is 1.43. The van der Waals surface area contributed by atoms with Crippen molar-refractivity contribution in [1.82, 2.24) is 4.98 Å². The number of aromatic nitrogens is 1. The van der Waals surface area contributed by atoms with Crippen LogP contribution >= 0.6 is 0 Å². The molecule has 1 aromatic heterocycles. The molecule has 0 N–H and O–H groups in total. The Labute approximate surface area is 81.6 Å². The summed E-state index contributed by atoms with van der Waals surface area (Å²) in [5, 5.41) is 0. The molecule has 14 heavy (non-hydrogen) atoms. The highest BCUT2D eigenvalue weighted by Gasteiger charge is 2.38. The fraction of sp³-hybridized carbons (Fsp3) is 0.300. The van der Waals surface area contributed by atoms with Crippen LogP contribution in [0, 0.1) is 0 Å². The summed E-state index contributed by atoms with van der Waals surface area (Å²) >= 11 is 0. The summed E-state index contributed by atoms with van der Waals surface area (Å²) in [5.41, 5.74) is 0.715. The maximum Gasteiger partial charge on any atom is 0.243 e. The van der Waals surface area contributed by atoms with Crippen LogP contribution in [0.2, 0.25) is 0 Å². The fourth-order valence-corrected chi connectivity index (χ4v) is 1.74. The van der Waals surface area contributed by atoms with E-state index in [0.29, 0.717) is 11.4 Å². The van der Waals surface area contributed by atoms with Gasteiger partial charge < -0.3 is 0 Å². The Morgan fingerprint density at radius 3 is 2.93 bits per heavy atom. The summed E-state index contributed by atoms with van der Waals surface area (Å²) in [5.74, 6) is -0.374. The van der Waals surface area contributed by atoms with Crippen LogP contribution in [0.15, 0.2) is 18.3 Å². The number of nitrogens with zero attached hydrogens (tertiary/aromatic N) is 2. The Morgan fingerprint density at radius 2 is 2.29 bits per heavy atom. The summed E-state index contributed by atoms with van der Waals surface area (Å²) in [6.07, 6.45) is 1.62. The summed E-state index contributed by atoms with van der Waals surface area (Å²) in [7, 11) is 1.64. The fourth-order valence-electron chi connectivity index (χ4n) is 1.74. The number of carbonyl (C=O) groups excluding carboxylic acids is 2. The van der Waals surface area contributed by atoms with Crippen LogP contribution in [0.1, 0.15) is 18.4 Å². The molecule has 1 aliphatic heterocycles. The Bertz CT molecular complexity index is 414. The average molecular weight is 190 g/mol. The first kappa shape index (κ1) is 8.87. The molecule has 1 aliphatic rings. The van der Waals surface area contributed by atoms with Crippen molar-refractivity contribution in [3.8, 4) is 0 Å². The van der Waals surface area contributed by atoms with Gasteiger partial charge in [0.15, 0.2) is 0 Å². The molecular weight excluding hydrogens is 180 g/mol. The third-order valence-electron chi connectivity index (χ3n) is 2.43. The van der Waals surface area contributed by atoms with Gasteiger partial charge in [-0.1, -0.05) is 6.07 Å². The molecule has 0 radical (unpaired) electrons. The minimum Gasteiger partial charge on any atom is -0.299 e. The lowest BCUT2D eigenvalue weighted by Gasteiger charge is -2.07. The molecule has 4 heteroatoms. The van der Waals surface area contributed by atoms with E-state index in [4.69, 9.17) is 0 Å². The molecular formula is C10H10N2O2. The van der Waals surface area contributed by atoms with Crippen LogP contribution in [0.5, 0.6) is 0 Å². The molecule has 0 aliphatic carbocycles. The minimum atomic E-state index is -0.649. The van der Waals surface area contributed by atoms with Crippen molar-refractivity contribution in [3.05, 3.63) is 23.9 Å². The third kappa shape index (κ3) is 1.04. The zero-order valence-corrected chi connectivity index (χ0v) is 8.02. The Hall–Kier alpha value is -1.71. The number of ketones is 1. The van der Waals surface area contributed by atoms with Gasteiger partial charge in [-0.3, -0.25) is 14.5 Å². The highest BCUT2D eigenvalue weighted by atomic mass is 16.2. The highest BCUT2D eigenvalue weighted by molar-refractivity contribution is 6.16. The highest BCUT2D eigenvalue weighted by Crippen LogP contribution is 2.34. The molecule has 0 aromatic carbocycles. The first-order chi connectivity index (χ1) is 6.63. The van der Waals surface area contributed by atoms with Crippen molar-refractivity contribution in [3.63, 3.8) is 0 Å². The molecule has 0 bridgehead atoms. The third-order valence-corrected chi connectivity index (χ3v) is 2.43. The molecule has 0 saturated carbocycles. The number of rotatable bonds is 1. The minimum absolute atomic E-state index is 0.131. The summed E-state index contributed by atoms with van der Waals surface area (Å²) in [6, 6.07) is 3.51. The molecule has 1 amide bonds. The van der Waals surface area contributed by atoms with Gasteiger partial charge in [0.05, 0.1) is 0 Å². The van der Waals surface area contributed by atoms with Gasteiger partial charge in [0.1, 0.15) is 17.5 Å². The van der Waals surface area contributed by atoms with E-state index in [1.54, 1.807) is 25.4 Å². The maximum absolute atomic E-state index is 11.7. The molecule has 0 fully saturated rings. The lowest BCUT2D eigenvalue weighted by Crippen LogP contribution is -2.27. The van der Waals surface area contributed by atoms with Gasteiger partial charge in [0, 0.05) is 18.8 Å². The topological polar surface area (TPSA) is 50.3 Å². The van der Waals surface area contributed by atoms with Crippen molar-refractivity contribution >= 4 is 17.5 Å². The predicted molar refractivity (Wildman–Crippen MR) is 51.1 cm³/mol. The van der Waals surface area contributed by atoms with Crippen LogP contribution in [-0.2, 0) is 9.59 Å². The van der Waals surface area contributed by atoms with E-state index in [1.807, 2.05) is 0 Å². The van der Waals surface area contributed by atoms with Crippen molar-refractivity contribution in [2.45, 2.75) is 12.8 Å². The molecule has 1 unspecified atom stereocenters. The maximum atomic E-state index is 11.7. The molecule has 1 atom stereocenters. The first-order valence-corrected chi connectivity index (χ1v) is 4.36. The Kier molecular flexibility index (Phi) is 1.84. The van der Waals surface area contributed by atoms with Crippen LogP contribution in [0.25, 0.3) is 0 Å². The molecule has 4 nitrogen and oxygen atoms in total. The lowest BCUT2D eigenvalue weighted by molar-refractivity contribution is -0.126.